The number of piperidine rings is 1. The van der Waals surface area contributed by atoms with Gasteiger partial charge in [0.25, 0.3) is 5.91 Å². The van der Waals surface area contributed by atoms with Crippen LogP contribution in [0.4, 0.5) is 21.7 Å². The number of hydrazine groups is 1. The van der Waals surface area contributed by atoms with Gasteiger partial charge in [0.2, 0.25) is 11.6 Å². The van der Waals surface area contributed by atoms with Crippen LogP contribution in [-0.2, 0) is 0 Å². The van der Waals surface area contributed by atoms with Gasteiger partial charge in [-0.1, -0.05) is 12.1 Å². The number of nitro groups is 1. The lowest BCUT2D eigenvalue weighted by atomic mass is 10.0. The van der Waals surface area contributed by atoms with E-state index in [2.05, 4.69) is 20.8 Å². The molecule has 1 fully saturated rings. The number of anilines is 2. The molecule has 1 aromatic carbocycles. The molecule has 1 atom stereocenters. The normalized spacial score (nSPS) is 16.7. The van der Waals surface area contributed by atoms with Gasteiger partial charge < -0.3 is 4.90 Å². The van der Waals surface area contributed by atoms with E-state index in [4.69, 9.17) is 0 Å². The molecule has 1 aliphatic heterocycles. The minimum atomic E-state index is -0.770. The lowest BCUT2D eigenvalue weighted by Gasteiger charge is -2.33. The van der Waals surface area contributed by atoms with Gasteiger partial charge in [0.1, 0.15) is 12.1 Å². The molecule has 9 nitrogen and oxygen atoms in total. The molecule has 142 valence electrons. The van der Waals surface area contributed by atoms with Crippen LogP contribution in [0.1, 0.15) is 36.5 Å². The summed E-state index contributed by atoms with van der Waals surface area (Å²) in [5.74, 6) is -1.43. The Hall–Kier alpha value is -3.30. The first kappa shape index (κ1) is 18.5. The zero-order valence-corrected chi connectivity index (χ0v) is 14.7. The Morgan fingerprint density at radius 2 is 2.11 bits per heavy atom. The summed E-state index contributed by atoms with van der Waals surface area (Å²) in [6.45, 7) is 2.64. The fourth-order valence-electron chi connectivity index (χ4n) is 3.08. The van der Waals surface area contributed by atoms with E-state index in [9.17, 15) is 19.3 Å². The first-order chi connectivity index (χ1) is 13.0. The number of aromatic nitrogens is 2. The van der Waals surface area contributed by atoms with Crippen molar-refractivity contribution in [3.63, 3.8) is 0 Å². The zero-order chi connectivity index (χ0) is 19.4. The fourth-order valence-corrected chi connectivity index (χ4v) is 3.08. The van der Waals surface area contributed by atoms with E-state index in [0.717, 1.165) is 25.3 Å². The highest BCUT2D eigenvalue weighted by Gasteiger charge is 2.31. The number of carbonyl (C=O) groups is 1. The molecule has 2 heterocycles. The van der Waals surface area contributed by atoms with Crippen LogP contribution in [0.2, 0.25) is 0 Å². The summed E-state index contributed by atoms with van der Waals surface area (Å²) in [7, 11) is 0. The summed E-state index contributed by atoms with van der Waals surface area (Å²) >= 11 is 0. The number of hydrogen-bond acceptors (Lipinski definition) is 7. The number of halogens is 1. The average Bonchev–Trinajstić information content (AvgIpc) is 2.66. The summed E-state index contributed by atoms with van der Waals surface area (Å²) in [4.78, 5) is 33.0. The largest absolute Gasteiger partial charge is 0.355 e. The second-order valence-electron chi connectivity index (χ2n) is 6.25. The Kier molecular flexibility index (Phi) is 5.43. The van der Waals surface area contributed by atoms with Crippen molar-refractivity contribution in [1.29, 1.82) is 0 Å². The van der Waals surface area contributed by atoms with E-state index < -0.39 is 16.6 Å². The molecule has 1 saturated heterocycles. The number of benzene rings is 1. The third-order valence-electron chi connectivity index (χ3n) is 4.47. The molecule has 27 heavy (non-hydrogen) atoms. The molecule has 10 heteroatoms. The Morgan fingerprint density at radius 1 is 1.33 bits per heavy atom. The standard InChI is InChI=1S/C17H19FN6O3/c1-11-6-4-5-9-23(11)16-14(24(26)27)15(19-10-20-16)21-22-17(25)12-7-2-3-8-13(12)18/h2-3,7-8,10-11H,4-6,9H2,1H3,(H,22,25)(H,19,20,21). The summed E-state index contributed by atoms with van der Waals surface area (Å²) < 4.78 is 13.7. The van der Waals surface area contributed by atoms with Crippen LogP contribution in [0.15, 0.2) is 30.6 Å². The van der Waals surface area contributed by atoms with Gasteiger partial charge in [0.05, 0.1) is 10.5 Å². The molecule has 0 radical (unpaired) electrons. The van der Waals surface area contributed by atoms with Crippen molar-refractivity contribution in [3.8, 4) is 0 Å². The summed E-state index contributed by atoms with van der Waals surface area (Å²) in [5, 5.41) is 11.6. The van der Waals surface area contributed by atoms with Gasteiger partial charge in [-0.05, 0) is 38.3 Å². The molecule has 1 aliphatic rings. The average molecular weight is 374 g/mol. The molecule has 0 saturated carbocycles. The molecule has 0 bridgehead atoms. The van der Waals surface area contributed by atoms with Crippen molar-refractivity contribution in [3.05, 3.63) is 52.1 Å². The summed E-state index contributed by atoms with van der Waals surface area (Å²) in [6.07, 6.45) is 4.08. The van der Waals surface area contributed by atoms with E-state index in [1.165, 1.54) is 24.5 Å². The molecule has 2 aromatic rings. The number of amides is 1. The quantitative estimate of drug-likeness (QED) is 0.611. The van der Waals surface area contributed by atoms with Crippen molar-refractivity contribution >= 4 is 23.2 Å². The Morgan fingerprint density at radius 3 is 2.81 bits per heavy atom. The van der Waals surface area contributed by atoms with Gasteiger partial charge >= 0.3 is 5.69 Å². The van der Waals surface area contributed by atoms with Crippen molar-refractivity contribution in [2.24, 2.45) is 0 Å². The molecule has 2 N–H and O–H groups in total. The minimum absolute atomic E-state index is 0.105. The lowest BCUT2D eigenvalue weighted by molar-refractivity contribution is -0.383. The van der Waals surface area contributed by atoms with Crippen molar-refractivity contribution < 1.29 is 14.1 Å². The lowest BCUT2D eigenvalue weighted by Crippen LogP contribution is -2.39. The number of hydrogen-bond donors (Lipinski definition) is 2. The van der Waals surface area contributed by atoms with Crippen LogP contribution in [0, 0.1) is 15.9 Å². The van der Waals surface area contributed by atoms with Crippen molar-refractivity contribution in [1.82, 2.24) is 15.4 Å². The van der Waals surface area contributed by atoms with E-state index >= 15 is 0 Å². The van der Waals surface area contributed by atoms with Gasteiger partial charge in [-0.2, -0.15) is 0 Å². The number of rotatable bonds is 5. The number of nitrogens with one attached hydrogen (secondary N) is 2. The summed E-state index contributed by atoms with van der Waals surface area (Å²) in [6, 6.07) is 5.54. The van der Waals surface area contributed by atoms with E-state index in [-0.39, 0.29) is 28.9 Å². The van der Waals surface area contributed by atoms with Gasteiger partial charge in [-0.25, -0.2) is 14.4 Å². The highest BCUT2D eigenvalue weighted by Crippen LogP contribution is 2.34. The molecule has 3 rings (SSSR count). The highest BCUT2D eigenvalue weighted by molar-refractivity contribution is 5.95. The van der Waals surface area contributed by atoms with Crippen LogP contribution in [-0.4, -0.2) is 33.4 Å². The van der Waals surface area contributed by atoms with Gasteiger partial charge in [-0.15, -0.1) is 0 Å². The molecule has 1 aromatic heterocycles. The SMILES string of the molecule is CC1CCCCN1c1ncnc(NNC(=O)c2ccccc2F)c1[N+](=O)[O-]. The zero-order valence-electron chi connectivity index (χ0n) is 14.7. The highest BCUT2D eigenvalue weighted by atomic mass is 19.1. The monoisotopic (exact) mass is 374 g/mol. The van der Waals surface area contributed by atoms with E-state index in [1.807, 2.05) is 11.8 Å². The number of carbonyl (C=O) groups excluding carboxylic acids is 1. The smallest absolute Gasteiger partial charge is 0.348 e. The predicted octanol–water partition coefficient (Wildman–Crippen LogP) is 2.66. The fraction of sp³-hybridized carbons (Fsp3) is 0.353. The van der Waals surface area contributed by atoms with Crippen LogP contribution < -0.4 is 15.8 Å². The molecular weight excluding hydrogens is 355 g/mol. The van der Waals surface area contributed by atoms with Gasteiger partial charge in [0, 0.05) is 12.6 Å². The Balaban J connectivity index is 1.85. The van der Waals surface area contributed by atoms with Crippen LogP contribution in [0.3, 0.4) is 0 Å². The first-order valence-corrected chi connectivity index (χ1v) is 8.56. The Labute approximate surface area is 154 Å². The second kappa shape index (κ2) is 7.94. The minimum Gasteiger partial charge on any atom is -0.348 e. The maximum absolute atomic E-state index is 13.7. The van der Waals surface area contributed by atoms with Crippen LogP contribution in [0.25, 0.3) is 0 Å². The van der Waals surface area contributed by atoms with Crippen molar-refractivity contribution in [2.45, 2.75) is 32.2 Å². The molecular formula is C17H19FN6O3. The topological polar surface area (TPSA) is 113 Å². The summed E-state index contributed by atoms with van der Waals surface area (Å²) in [5.41, 5.74) is 4.16. The molecule has 0 spiro atoms. The second-order valence-corrected chi connectivity index (χ2v) is 6.25. The third-order valence-corrected chi connectivity index (χ3v) is 4.47. The molecule has 1 unspecified atom stereocenters. The maximum atomic E-state index is 13.7. The van der Waals surface area contributed by atoms with Gasteiger partial charge in [-0.3, -0.25) is 25.8 Å². The van der Waals surface area contributed by atoms with E-state index in [1.54, 1.807) is 0 Å². The maximum Gasteiger partial charge on any atom is 0.355 e. The van der Waals surface area contributed by atoms with Gasteiger partial charge in [0.15, 0.2) is 0 Å². The van der Waals surface area contributed by atoms with E-state index in [0.29, 0.717) is 6.54 Å². The molecule has 0 aliphatic carbocycles. The third kappa shape index (κ3) is 3.94. The first-order valence-electron chi connectivity index (χ1n) is 8.56. The predicted molar refractivity (Wildman–Crippen MR) is 96.8 cm³/mol. The number of nitrogens with zero attached hydrogens (tertiary/aromatic N) is 4. The van der Waals surface area contributed by atoms with Crippen molar-refractivity contribution in [2.75, 3.05) is 16.9 Å². The Bertz CT molecular complexity index is 862. The van der Waals surface area contributed by atoms with Crippen LogP contribution >= 0.6 is 0 Å². The molecule has 1 amide bonds. The van der Waals surface area contributed by atoms with Crippen LogP contribution in [0.5, 0.6) is 0 Å².